The molecule has 88 valence electrons. The van der Waals surface area contributed by atoms with Gasteiger partial charge in [0.15, 0.2) is 0 Å². The molecule has 1 aromatic rings. The molecule has 2 nitrogen and oxygen atoms in total. The lowest BCUT2D eigenvalue weighted by molar-refractivity contribution is 0.546. The highest BCUT2D eigenvalue weighted by atomic mass is 79.9. The van der Waals surface area contributed by atoms with Crippen molar-refractivity contribution in [1.82, 2.24) is 5.32 Å². The fourth-order valence-electron chi connectivity index (χ4n) is 1.82. The Morgan fingerprint density at radius 2 is 2.31 bits per heavy atom. The molecule has 2 rings (SSSR count). The quantitative estimate of drug-likeness (QED) is 0.905. The first-order chi connectivity index (χ1) is 7.70. The third kappa shape index (κ3) is 3.15. The fraction of sp³-hybridized carbons (Fsp3) is 0.500. The topological polar surface area (TPSA) is 29.1 Å². The van der Waals surface area contributed by atoms with Crippen LogP contribution in [-0.2, 0) is 10.8 Å². The standard InChI is InChI=1S/C12H16BrNOS/c1-14-12(9-5-6-9)8-16(15)11-4-2-3-10(13)7-11/h2-4,7,9,12,14H,5-6,8H2,1H3. The van der Waals surface area contributed by atoms with Gasteiger partial charge in [-0.25, -0.2) is 0 Å². The minimum atomic E-state index is -0.897. The molecule has 1 aliphatic rings. The molecule has 4 heteroatoms. The summed E-state index contributed by atoms with van der Waals surface area (Å²) >= 11 is 3.40. The zero-order chi connectivity index (χ0) is 11.5. The summed E-state index contributed by atoms with van der Waals surface area (Å²) in [6, 6.07) is 8.16. The molecule has 1 fully saturated rings. The van der Waals surface area contributed by atoms with Crippen LogP contribution in [0.1, 0.15) is 12.8 Å². The SMILES string of the molecule is CNC(CS(=O)c1cccc(Br)c1)C1CC1. The van der Waals surface area contributed by atoms with E-state index in [-0.39, 0.29) is 0 Å². The van der Waals surface area contributed by atoms with Gasteiger partial charge in [0, 0.05) is 21.2 Å². The average Bonchev–Trinajstić information content (AvgIpc) is 3.09. The normalized spacial score (nSPS) is 19.4. The van der Waals surface area contributed by atoms with Gasteiger partial charge in [0.2, 0.25) is 0 Å². The maximum Gasteiger partial charge on any atom is 0.0545 e. The summed E-state index contributed by atoms with van der Waals surface area (Å²) in [6.07, 6.45) is 2.56. The molecule has 1 saturated carbocycles. The molecule has 16 heavy (non-hydrogen) atoms. The first-order valence-electron chi connectivity index (χ1n) is 5.52. The molecule has 0 saturated heterocycles. The summed E-state index contributed by atoms with van der Waals surface area (Å²) in [6.45, 7) is 0. The molecule has 2 atom stereocenters. The molecule has 0 bridgehead atoms. The molecule has 0 spiro atoms. The van der Waals surface area contributed by atoms with Gasteiger partial charge in [-0.15, -0.1) is 0 Å². The van der Waals surface area contributed by atoms with Crippen LogP contribution < -0.4 is 5.32 Å². The van der Waals surface area contributed by atoms with Gasteiger partial charge >= 0.3 is 0 Å². The molecule has 0 aliphatic heterocycles. The van der Waals surface area contributed by atoms with E-state index in [1.54, 1.807) is 0 Å². The second-order valence-corrected chi connectivity index (χ2v) is 6.61. The number of benzene rings is 1. The lowest BCUT2D eigenvalue weighted by atomic mass is 10.2. The lowest BCUT2D eigenvalue weighted by Gasteiger charge is -2.14. The highest BCUT2D eigenvalue weighted by Crippen LogP contribution is 2.33. The van der Waals surface area contributed by atoms with Crippen LogP contribution in [0, 0.1) is 5.92 Å². The van der Waals surface area contributed by atoms with Crippen molar-refractivity contribution in [3.8, 4) is 0 Å². The van der Waals surface area contributed by atoms with Crippen molar-refractivity contribution in [2.24, 2.45) is 5.92 Å². The van der Waals surface area contributed by atoms with Gasteiger partial charge in [0.1, 0.15) is 0 Å². The largest absolute Gasteiger partial charge is 0.316 e. The van der Waals surface area contributed by atoms with E-state index in [9.17, 15) is 4.21 Å². The molecular weight excluding hydrogens is 286 g/mol. The molecule has 2 unspecified atom stereocenters. The Balaban J connectivity index is 2.01. The Hall–Kier alpha value is -0.190. The molecule has 0 heterocycles. The van der Waals surface area contributed by atoms with E-state index >= 15 is 0 Å². The summed E-state index contributed by atoms with van der Waals surface area (Å²) < 4.78 is 13.1. The number of hydrogen-bond donors (Lipinski definition) is 1. The van der Waals surface area contributed by atoms with E-state index in [4.69, 9.17) is 0 Å². The summed E-state index contributed by atoms with van der Waals surface area (Å²) in [5, 5.41) is 3.27. The minimum Gasteiger partial charge on any atom is -0.316 e. The number of rotatable bonds is 5. The third-order valence-corrected chi connectivity index (χ3v) is 4.89. The number of nitrogens with one attached hydrogen (secondary N) is 1. The minimum absolute atomic E-state index is 0.403. The maximum atomic E-state index is 12.1. The van der Waals surface area contributed by atoms with Crippen molar-refractivity contribution in [1.29, 1.82) is 0 Å². The molecule has 0 aromatic heterocycles. The maximum absolute atomic E-state index is 12.1. The number of hydrogen-bond acceptors (Lipinski definition) is 2. The Morgan fingerprint density at radius 1 is 1.56 bits per heavy atom. The summed E-state index contributed by atoms with van der Waals surface area (Å²) in [4.78, 5) is 0.912. The van der Waals surface area contributed by atoms with Crippen LogP contribution in [0.4, 0.5) is 0 Å². The summed E-state index contributed by atoms with van der Waals surface area (Å²) in [5.41, 5.74) is 0. The van der Waals surface area contributed by atoms with E-state index in [0.717, 1.165) is 21.0 Å². The molecule has 1 N–H and O–H groups in total. The van der Waals surface area contributed by atoms with Crippen LogP contribution in [0.3, 0.4) is 0 Å². The highest BCUT2D eigenvalue weighted by Gasteiger charge is 2.31. The van der Waals surface area contributed by atoms with E-state index in [2.05, 4.69) is 21.2 Å². The van der Waals surface area contributed by atoms with Gasteiger partial charge in [-0.3, -0.25) is 4.21 Å². The Kier molecular flexibility index (Phi) is 4.16. The van der Waals surface area contributed by atoms with Crippen LogP contribution in [0.2, 0.25) is 0 Å². The second kappa shape index (κ2) is 5.43. The summed E-state index contributed by atoms with van der Waals surface area (Å²) in [7, 11) is 1.06. The van der Waals surface area contributed by atoms with Gasteiger partial charge < -0.3 is 5.32 Å². The monoisotopic (exact) mass is 301 g/mol. The van der Waals surface area contributed by atoms with E-state index in [0.29, 0.717) is 6.04 Å². The molecular formula is C12H16BrNOS. The summed E-state index contributed by atoms with van der Waals surface area (Å²) in [5.74, 6) is 1.46. The van der Waals surface area contributed by atoms with Gasteiger partial charge in [-0.2, -0.15) is 0 Å². The second-order valence-electron chi connectivity index (χ2n) is 4.20. The first-order valence-corrected chi connectivity index (χ1v) is 7.63. The van der Waals surface area contributed by atoms with Gasteiger partial charge in [0.25, 0.3) is 0 Å². The average molecular weight is 302 g/mol. The zero-order valence-corrected chi connectivity index (χ0v) is 11.7. The highest BCUT2D eigenvalue weighted by molar-refractivity contribution is 9.10. The van der Waals surface area contributed by atoms with Gasteiger partial charge in [0.05, 0.1) is 10.8 Å². The predicted molar refractivity (Wildman–Crippen MR) is 71.0 cm³/mol. The lowest BCUT2D eigenvalue weighted by Crippen LogP contribution is -2.33. The van der Waals surface area contributed by atoms with Crippen molar-refractivity contribution in [2.45, 2.75) is 23.8 Å². The van der Waals surface area contributed by atoms with Crippen LogP contribution in [0.25, 0.3) is 0 Å². The van der Waals surface area contributed by atoms with E-state index in [1.807, 2.05) is 31.3 Å². The zero-order valence-electron chi connectivity index (χ0n) is 9.28. The molecule has 0 amide bonds. The van der Waals surface area contributed by atoms with Crippen LogP contribution in [0.5, 0.6) is 0 Å². The first kappa shape index (κ1) is 12.3. The van der Waals surface area contributed by atoms with Crippen molar-refractivity contribution >= 4 is 26.7 Å². The molecule has 1 aliphatic carbocycles. The fourth-order valence-corrected chi connectivity index (χ4v) is 3.82. The van der Waals surface area contributed by atoms with Crippen LogP contribution in [0.15, 0.2) is 33.6 Å². The van der Waals surface area contributed by atoms with Crippen molar-refractivity contribution in [3.05, 3.63) is 28.7 Å². The van der Waals surface area contributed by atoms with Crippen LogP contribution in [-0.4, -0.2) is 23.1 Å². The molecule has 1 aromatic carbocycles. The smallest absolute Gasteiger partial charge is 0.0545 e. The van der Waals surface area contributed by atoms with E-state index in [1.165, 1.54) is 12.8 Å². The van der Waals surface area contributed by atoms with Crippen molar-refractivity contribution < 1.29 is 4.21 Å². The van der Waals surface area contributed by atoms with Crippen molar-refractivity contribution in [3.63, 3.8) is 0 Å². The van der Waals surface area contributed by atoms with Gasteiger partial charge in [-0.05, 0) is 44.0 Å². The Morgan fingerprint density at radius 3 is 2.88 bits per heavy atom. The van der Waals surface area contributed by atoms with Crippen LogP contribution >= 0.6 is 15.9 Å². The Labute approximate surface area is 107 Å². The molecule has 0 radical (unpaired) electrons. The Bertz CT molecular complexity index is 392. The third-order valence-electron chi connectivity index (χ3n) is 2.95. The predicted octanol–water partition coefficient (Wildman–Crippen LogP) is 2.55. The van der Waals surface area contributed by atoms with E-state index < -0.39 is 10.8 Å². The van der Waals surface area contributed by atoms with Gasteiger partial charge in [-0.1, -0.05) is 22.0 Å². The number of halogens is 1. The van der Waals surface area contributed by atoms with Crippen molar-refractivity contribution in [2.75, 3.05) is 12.8 Å².